The third kappa shape index (κ3) is 2.69. The third-order valence-electron chi connectivity index (χ3n) is 6.97. The normalized spacial score (nSPS) is 31.0. The van der Waals surface area contributed by atoms with E-state index in [0.29, 0.717) is 17.2 Å². The highest BCUT2D eigenvalue weighted by atomic mass is 16.2. The summed E-state index contributed by atoms with van der Waals surface area (Å²) in [5.74, 6) is 0.816. The highest BCUT2D eigenvalue weighted by molar-refractivity contribution is 5.80. The third-order valence-corrected chi connectivity index (χ3v) is 6.97. The maximum absolute atomic E-state index is 12.7. The lowest BCUT2D eigenvalue weighted by molar-refractivity contribution is -0.148. The summed E-state index contributed by atoms with van der Waals surface area (Å²) >= 11 is 0. The summed E-state index contributed by atoms with van der Waals surface area (Å²) in [4.78, 5) is 19.9. The molecule has 2 heterocycles. The van der Waals surface area contributed by atoms with Gasteiger partial charge in [-0.15, -0.1) is 0 Å². The van der Waals surface area contributed by atoms with Crippen LogP contribution in [0, 0.1) is 11.3 Å². The van der Waals surface area contributed by atoms with Crippen molar-refractivity contribution >= 4 is 5.91 Å². The minimum atomic E-state index is 0.346. The Morgan fingerprint density at radius 3 is 2.14 bits per heavy atom. The van der Waals surface area contributed by atoms with Gasteiger partial charge in [0.05, 0.1) is 0 Å². The zero-order valence-corrected chi connectivity index (χ0v) is 14.1. The highest BCUT2D eigenvalue weighted by Gasteiger charge is 2.49. The Balaban J connectivity index is 1.24. The van der Waals surface area contributed by atoms with Gasteiger partial charge in [-0.2, -0.15) is 0 Å². The maximum atomic E-state index is 12.7. The lowest BCUT2D eigenvalue weighted by Gasteiger charge is -2.52. The van der Waals surface area contributed by atoms with Crippen LogP contribution in [0.4, 0.5) is 0 Å². The first-order valence-corrected chi connectivity index (χ1v) is 9.37. The Hall–Kier alpha value is -0.610. The van der Waals surface area contributed by atoms with Crippen LogP contribution in [-0.2, 0) is 4.79 Å². The first-order valence-electron chi connectivity index (χ1n) is 9.37. The standard InChI is InChI=1S/C18H31N3O/c1-19-7-5-18(6-8-19)13-15(14-18)17(22)21-11-9-20(10-12-21)16-3-2-4-16/h15-16H,2-14H2,1H3. The number of rotatable bonds is 2. The predicted octanol–water partition coefficient (Wildman–Crippen LogP) is 1.81. The largest absolute Gasteiger partial charge is 0.340 e. The van der Waals surface area contributed by atoms with E-state index in [0.717, 1.165) is 32.2 Å². The minimum Gasteiger partial charge on any atom is -0.340 e. The zero-order valence-electron chi connectivity index (χ0n) is 14.1. The molecule has 0 N–H and O–H groups in total. The van der Waals surface area contributed by atoms with Crippen molar-refractivity contribution in [3.8, 4) is 0 Å². The van der Waals surface area contributed by atoms with Crippen molar-refractivity contribution in [2.45, 2.75) is 51.0 Å². The average molecular weight is 305 g/mol. The summed E-state index contributed by atoms with van der Waals surface area (Å²) in [6, 6.07) is 0.837. The Morgan fingerprint density at radius 1 is 0.955 bits per heavy atom. The fourth-order valence-corrected chi connectivity index (χ4v) is 4.98. The van der Waals surface area contributed by atoms with Gasteiger partial charge in [-0.3, -0.25) is 9.69 Å². The van der Waals surface area contributed by atoms with Gasteiger partial charge in [0.2, 0.25) is 5.91 Å². The SMILES string of the molecule is CN1CCC2(CC1)CC(C(=O)N1CCN(C3CCC3)CC1)C2. The van der Waals surface area contributed by atoms with Gasteiger partial charge in [0.1, 0.15) is 0 Å². The predicted molar refractivity (Wildman–Crippen MR) is 87.7 cm³/mol. The van der Waals surface area contributed by atoms with E-state index in [1.807, 2.05) is 0 Å². The second-order valence-electron chi connectivity index (χ2n) is 8.35. The van der Waals surface area contributed by atoms with E-state index in [4.69, 9.17) is 0 Å². The lowest BCUT2D eigenvalue weighted by Crippen LogP contribution is -2.57. The number of carbonyl (C=O) groups excluding carboxylic acids is 1. The monoisotopic (exact) mass is 305 g/mol. The summed E-state index contributed by atoms with van der Waals surface area (Å²) < 4.78 is 0. The van der Waals surface area contributed by atoms with E-state index in [9.17, 15) is 4.79 Å². The van der Waals surface area contributed by atoms with Gasteiger partial charge in [0.25, 0.3) is 0 Å². The molecule has 0 bridgehead atoms. The van der Waals surface area contributed by atoms with Gasteiger partial charge in [0, 0.05) is 38.1 Å². The summed E-state index contributed by atoms with van der Waals surface area (Å²) in [7, 11) is 2.22. The molecule has 1 amide bonds. The van der Waals surface area contributed by atoms with Gasteiger partial charge in [0.15, 0.2) is 0 Å². The van der Waals surface area contributed by atoms with Gasteiger partial charge in [-0.05, 0) is 64.1 Å². The van der Waals surface area contributed by atoms with Crippen molar-refractivity contribution in [3.05, 3.63) is 0 Å². The molecule has 0 radical (unpaired) electrons. The van der Waals surface area contributed by atoms with Crippen molar-refractivity contribution in [3.63, 3.8) is 0 Å². The molecule has 4 heteroatoms. The van der Waals surface area contributed by atoms with Crippen LogP contribution in [-0.4, -0.2) is 73.0 Å². The average Bonchev–Trinajstić information content (AvgIpc) is 2.44. The molecule has 4 fully saturated rings. The molecule has 0 aromatic heterocycles. The molecule has 124 valence electrons. The number of hydrogen-bond acceptors (Lipinski definition) is 3. The van der Waals surface area contributed by atoms with Crippen molar-refractivity contribution in [1.82, 2.24) is 14.7 Å². The molecule has 22 heavy (non-hydrogen) atoms. The molecule has 4 rings (SSSR count). The van der Waals surface area contributed by atoms with Gasteiger partial charge >= 0.3 is 0 Å². The van der Waals surface area contributed by atoms with Crippen LogP contribution in [0.5, 0.6) is 0 Å². The first kappa shape index (κ1) is 14.9. The molecule has 1 spiro atoms. The van der Waals surface area contributed by atoms with Crippen LogP contribution in [0.1, 0.15) is 44.9 Å². The topological polar surface area (TPSA) is 26.8 Å². The number of likely N-dealkylation sites (tertiary alicyclic amines) is 1. The fraction of sp³-hybridized carbons (Fsp3) is 0.944. The fourth-order valence-electron chi connectivity index (χ4n) is 4.98. The molecule has 2 aliphatic heterocycles. The molecule has 2 saturated carbocycles. The Morgan fingerprint density at radius 2 is 1.59 bits per heavy atom. The van der Waals surface area contributed by atoms with Crippen molar-refractivity contribution in [2.75, 3.05) is 46.3 Å². The summed E-state index contributed by atoms with van der Waals surface area (Å²) in [5.41, 5.74) is 0.528. The number of amides is 1. The van der Waals surface area contributed by atoms with Crippen LogP contribution < -0.4 is 0 Å². The van der Waals surface area contributed by atoms with E-state index >= 15 is 0 Å². The molecule has 2 saturated heterocycles. The minimum absolute atomic E-state index is 0.346. The van der Waals surface area contributed by atoms with Crippen LogP contribution in [0.15, 0.2) is 0 Å². The smallest absolute Gasteiger partial charge is 0.225 e. The van der Waals surface area contributed by atoms with E-state index in [-0.39, 0.29) is 0 Å². The molecule has 4 nitrogen and oxygen atoms in total. The van der Waals surface area contributed by atoms with Crippen molar-refractivity contribution < 1.29 is 4.79 Å². The molecule has 2 aliphatic carbocycles. The number of piperazine rings is 1. The summed E-state index contributed by atoms with van der Waals surface area (Å²) in [6.07, 6.45) is 9.13. The van der Waals surface area contributed by atoms with E-state index in [1.165, 1.54) is 58.0 Å². The van der Waals surface area contributed by atoms with E-state index in [1.54, 1.807) is 0 Å². The Kier molecular flexibility index (Phi) is 3.93. The van der Waals surface area contributed by atoms with Gasteiger partial charge in [-0.25, -0.2) is 0 Å². The van der Waals surface area contributed by atoms with Crippen molar-refractivity contribution in [2.24, 2.45) is 11.3 Å². The van der Waals surface area contributed by atoms with Crippen LogP contribution >= 0.6 is 0 Å². The molecule has 0 aromatic rings. The van der Waals surface area contributed by atoms with E-state index < -0.39 is 0 Å². The second kappa shape index (κ2) is 5.79. The quantitative estimate of drug-likeness (QED) is 0.778. The highest BCUT2D eigenvalue weighted by Crippen LogP contribution is 2.53. The number of piperidine rings is 1. The molecule has 0 atom stereocenters. The molecular weight excluding hydrogens is 274 g/mol. The van der Waals surface area contributed by atoms with Crippen molar-refractivity contribution in [1.29, 1.82) is 0 Å². The second-order valence-corrected chi connectivity index (χ2v) is 8.35. The molecular formula is C18H31N3O. The Labute approximate surface area is 134 Å². The maximum Gasteiger partial charge on any atom is 0.225 e. The summed E-state index contributed by atoms with van der Waals surface area (Å²) in [6.45, 7) is 6.61. The van der Waals surface area contributed by atoms with Crippen LogP contribution in [0.3, 0.4) is 0 Å². The van der Waals surface area contributed by atoms with E-state index in [2.05, 4.69) is 21.7 Å². The van der Waals surface area contributed by atoms with Gasteiger partial charge < -0.3 is 9.80 Å². The molecule has 0 aromatic carbocycles. The number of carbonyl (C=O) groups is 1. The number of nitrogens with zero attached hydrogens (tertiary/aromatic N) is 3. The first-order chi connectivity index (χ1) is 10.7. The number of hydrogen-bond donors (Lipinski definition) is 0. The molecule has 0 unspecified atom stereocenters. The summed E-state index contributed by atoms with van der Waals surface area (Å²) in [5, 5.41) is 0. The zero-order chi connectivity index (χ0) is 15.2. The Bertz CT molecular complexity index is 410. The van der Waals surface area contributed by atoms with Crippen LogP contribution in [0.2, 0.25) is 0 Å². The lowest BCUT2D eigenvalue weighted by atomic mass is 9.57. The van der Waals surface area contributed by atoms with Crippen LogP contribution in [0.25, 0.3) is 0 Å². The molecule has 4 aliphatic rings. The van der Waals surface area contributed by atoms with Gasteiger partial charge in [-0.1, -0.05) is 6.42 Å².